The quantitative estimate of drug-likeness (QED) is 0.639. The van der Waals surface area contributed by atoms with E-state index >= 15 is 0 Å². The van der Waals surface area contributed by atoms with E-state index in [9.17, 15) is 9.18 Å². The SMILES string of the molecule is COc1cc(I)c(C(=O)N2CCOC(c3ccccc3F)C2)cc1OC. The molecule has 1 atom stereocenters. The van der Waals surface area contributed by atoms with Crippen molar-refractivity contribution in [1.82, 2.24) is 4.90 Å². The normalized spacial score (nSPS) is 17.1. The van der Waals surface area contributed by atoms with E-state index in [4.69, 9.17) is 14.2 Å². The molecule has 3 rings (SSSR count). The Labute approximate surface area is 165 Å². The first-order chi connectivity index (χ1) is 12.5. The molecule has 0 bridgehead atoms. The second-order valence-electron chi connectivity index (χ2n) is 5.82. The lowest BCUT2D eigenvalue weighted by atomic mass is 10.1. The molecule has 1 fully saturated rings. The summed E-state index contributed by atoms with van der Waals surface area (Å²) in [5.74, 6) is 0.599. The lowest BCUT2D eigenvalue weighted by Crippen LogP contribution is -2.42. The van der Waals surface area contributed by atoms with Crippen LogP contribution in [0, 0.1) is 9.39 Å². The fourth-order valence-electron chi connectivity index (χ4n) is 2.95. The summed E-state index contributed by atoms with van der Waals surface area (Å²) in [4.78, 5) is 14.7. The highest BCUT2D eigenvalue weighted by Crippen LogP contribution is 2.33. The third kappa shape index (κ3) is 3.78. The molecule has 1 saturated heterocycles. The van der Waals surface area contributed by atoms with Crippen LogP contribution in [0.15, 0.2) is 36.4 Å². The molecule has 0 aromatic heterocycles. The Morgan fingerprint density at radius 3 is 2.62 bits per heavy atom. The van der Waals surface area contributed by atoms with Gasteiger partial charge in [0.1, 0.15) is 11.9 Å². The first-order valence-electron chi connectivity index (χ1n) is 8.12. The second-order valence-corrected chi connectivity index (χ2v) is 6.98. The summed E-state index contributed by atoms with van der Waals surface area (Å²) in [5.41, 5.74) is 0.990. The Kier molecular flexibility index (Phi) is 5.98. The van der Waals surface area contributed by atoms with Gasteiger partial charge in [0.05, 0.1) is 32.9 Å². The van der Waals surface area contributed by atoms with Crippen molar-refractivity contribution in [3.05, 3.63) is 56.9 Å². The first-order valence-corrected chi connectivity index (χ1v) is 9.19. The predicted molar refractivity (Wildman–Crippen MR) is 103 cm³/mol. The smallest absolute Gasteiger partial charge is 0.255 e. The largest absolute Gasteiger partial charge is 0.493 e. The molecule has 1 heterocycles. The average Bonchev–Trinajstić information content (AvgIpc) is 2.67. The zero-order valence-electron chi connectivity index (χ0n) is 14.5. The second kappa shape index (κ2) is 8.22. The van der Waals surface area contributed by atoms with Gasteiger partial charge in [-0.3, -0.25) is 4.79 Å². The fourth-order valence-corrected chi connectivity index (χ4v) is 3.62. The van der Waals surface area contributed by atoms with E-state index in [2.05, 4.69) is 22.6 Å². The lowest BCUT2D eigenvalue weighted by Gasteiger charge is -2.33. The Balaban J connectivity index is 1.85. The number of halogens is 2. The number of ether oxygens (including phenoxy) is 3. The molecule has 1 aliphatic rings. The minimum Gasteiger partial charge on any atom is -0.493 e. The summed E-state index contributed by atoms with van der Waals surface area (Å²) >= 11 is 2.10. The number of rotatable bonds is 4. The Morgan fingerprint density at radius 1 is 1.23 bits per heavy atom. The van der Waals surface area contributed by atoms with Crippen LogP contribution in [-0.2, 0) is 4.74 Å². The van der Waals surface area contributed by atoms with Crippen LogP contribution in [0.3, 0.4) is 0 Å². The molecule has 2 aromatic rings. The van der Waals surface area contributed by atoms with Gasteiger partial charge in [0, 0.05) is 15.7 Å². The molecule has 1 unspecified atom stereocenters. The van der Waals surface area contributed by atoms with Crippen molar-refractivity contribution in [2.45, 2.75) is 6.10 Å². The minimum atomic E-state index is -0.480. The molecule has 2 aromatic carbocycles. The van der Waals surface area contributed by atoms with Crippen LogP contribution >= 0.6 is 22.6 Å². The molecule has 0 radical (unpaired) electrons. The molecular formula is C19H19FINO4. The van der Waals surface area contributed by atoms with Crippen LogP contribution in [0.2, 0.25) is 0 Å². The molecule has 138 valence electrons. The van der Waals surface area contributed by atoms with Gasteiger partial charge >= 0.3 is 0 Å². The number of benzene rings is 2. The standard InChI is InChI=1S/C19H19FINO4/c1-24-16-9-13(15(21)10-17(16)25-2)19(23)22-7-8-26-18(11-22)12-5-3-4-6-14(12)20/h3-6,9-10,18H,7-8,11H2,1-2H3. The van der Waals surface area contributed by atoms with E-state index in [0.717, 1.165) is 3.57 Å². The molecule has 5 nitrogen and oxygen atoms in total. The van der Waals surface area contributed by atoms with E-state index in [0.29, 0.717) is 42.3 Å². The van der Waals surface area contributed by atoms with Crippen LogP contribution < -0.4 is 9.47 Å². The van der Waals surface area contributed by atoms with Gasteiger partial charge < -0.3 is 19.1 Å². The van der Waals surface area contributed by atoms with Crippen LogP contribution in [-0.4, -0.2) is 44.7 Å². The predicted octanol–water partition coefficient (Wildman–Crippen LogP) is 3.66. The summed E-state index contributed by atoms with van der Waals surface area (Å²) < 4.78 is 31.1. The highest BCUT2D eigenvalue weighted by molar-refractivity contribution is 14.1. The van der Waals surface area contributed by atoms with Gasteiger partial charge in [0.25, 0.3) is 5.91 Å². The number of carbonyl (C=O) groups is 1. The van der Waals surface area contributed by atoms with Crippen molar-refractivity contribution in [1.29, 1.82) is 0 Å². The monoisotopic (exact) mass is 471 g/mol. The van der Waals surface area contributed by atoms with E-state index < -0.39 is 6.10 Å². The number of methoxy groups -OCH3 is 2. The van der Waals surface area contributed by atoms with Gasteiger partial charge in [0.2, 0.25) is 0 Å². The fraction of sp³-hybridized carbons (Fsp3) is 0.316. The summed E-state index contributed by atoms with van der Waals surface area (Å²) in [7, 11) is 3.08. The number of hydrogen-bond donors (Lipinski definition) is 0. The van der Waals surface area contributed by atoms with E-state index in [1.165, 1.54) is 13.2 Å². The molecule has 26 heavy (non-hydrogen) atoms. The highest BCUT2D eigenvalue weighted by atomic mass is 127. The summed E-state index contributed by atoms with van der Waals surface area (Å²) in [6, 6.07) is 9.93. The van der Waals surface area contributed by atoms with Gasteiger partial charge in [-0.05, 0) is 40.8 Å². The van der Waals surface area contributed by atoms with Crippen molar-refractivity contribution in [3.63, 3.8) is 0 Å². The summed E-state index contributed by atoms with van der Waals surface area (Å²) in [6.07, 6.45) is -0.480. The van der Waals surface area contributed by atoms with Crippen LogP contribution in [0.1, 0.15) is 22.0 Å². The third-order valence-corrected chi connectivity index (χ3v) is 5.20. The zero-order valence-corrected chi connectivity index (χ0v) is 16.7. The number of nitrogens with zero attached hydrogens (tertiary/aromatic N) is 1. The lowest BCUT2D eigenvalue weighted by molar-refractivity contribution is -0.0243. The maximum Gasteiger partial charge on any atom is 0.255 e. The van der Waals surface area contributed by atoms with Crippen molar-refractivity contribution in [3.8, 4) is 11.5 Å². The Morgan fingerprint density at radius 2 is 1.92 bits per heavy atom. The maximum atomic E-state index is 14.1. The first kappa shape index (κ1) is 18.9. The topological polar surface area (TPSA) is 48.0 Å². The molecule has 1 aliphatic heterocycles. The van der Waals surface area contributed by atoms with Crippen molar-refractivity contribution in [2.75, 3.05) is 33.9 Å². The number of carbonyl (C=O) groups excluding carboxylic acids is 1. The highest BCUT2D eigenvalue weighted by Gasteiger charge is 2.29. The molecule has 1 amide bonds. The van der Waals surface area contributed by atoms with E-state index in [1.54, 1.807) is 42.3 Å². The molecule has 0 saturated carbocycles. The van der Waals surface area contributed by atoms with Gasteiger partial charge in [-0.25, -0.2) is 4.39 Å². The van der Waals surface area contributed by atoms with E-state index in [-0.39, 0.29) is 11.7 Å². The van der Waals surface area contributed by atoms with Crippen molar-refractivity contribution in [2.24, 2.45) is 0 Å². The van der Waals surface area contributed by atoms with Gasteiger partial charge in [-0.2, -0.15) is 0 Å². The summed E-state index contributed by atoms with van der Waals surface area (Å²) in [6.45, 7) is 1.10. The van der Waals surface area contributed by atoms with Crippen LogP contribution in [0.25, 0.3) is 0 Å². The summed E-state index contributed by atoms with van der Waals surface area (Å²) in [5, 5.41) is 0. The van der Waals surface area contributed by atoms with Gasteiger partial charge in [-0.1, -0.05) is 18.2 Å². The number of morpholine rings is 1. The third-order valence-electron chi connectivity index (χ3n) is 4.31. The zero-order chi connectivity index (χ0) is 18.7. The maximum absolute atomic E-state index is 14.1. The molecule has 0 N–H and O–H groups in total. The van der Waals surface area contributed by atoms with Gasteiger partial charge in [0.15, 0.2) is 11.5 Å². The van der Waals surface area contributed by atoms with E-state index in [1.807, 2.05) is 0 Å². The average molecular weight is 471 g/mol. The minimum absolute atomic E-state index is 0.139. The Hall–Kier alpha value is -1.87. The molecule has 0 spiro atoms. The van der Waals surface area contributed by atoms with Crippen LogP contribution in [0.5, 0.6) is 11.5 Å². The van der Waals surface area contributed by atoms with Crippen LogP contribution in [0.4, 0.5) is 4.39 Å². The number of hydrogen-bond acceptors (Lipinski definition) is 4. The van der Waals surface area contributed by atoms with Gasteiger partial charge in [-0.15, -0.1) is 0 Å². The molecule has 0 aliphatic carbocycles. The van der Waals surface area contributed by atoms with Crippen molar-refractivity contribution >= 4 is 28.5 Å². The Bertz CT molecular complexity index is 814. The molecular weight excluding hydrogens is 452 g/mol. The number of amides is 1. The molecule has 7 heteroatoms. The van der Waals surface area contributed by atoms with Crippen molar-refractivity contribution < 1.29 is 23.4 Å².